The molecule has 0 fully saturated rings. The zero-order chi connectivity index (χ0) is 17.4. The van der Waals surface area contributed by atoms with Gasteiger partial charge in [0, 0.05) is 7.05 Å². The molecule has 0 aliphatic heterocycles. The Bertz CT molecular complexity index is 1010. The minimum absolute atomic E-state index is 0.0979. The fourth-order valence-corrected chi connectivity index (χ4v) is 3.90. The van der Waals surface area contributed by atoms with Crippen LogP contribution >= 0.6 is 11.3 Å². The van der Waals surface area contributed by atoms with Crippen molar-refractivity contribution in [2.24, 2.45) is 12.0 Å². The number of carbonyl (C=O) groups excluding carboxylic acids is 1. The van der Waals surface area contributed by atoms with Gasteiger partial charge in [0.15, 0.2) is 4.80 Å². The SMILES string of the molecule is Cc1ccc(C)c(CC(=O)N=c2sc3cc(C)c(C)cc3n2C)c1. The summed E-state index contributed by atoms with van der Waals surface area (Å²) < 4.78 is 3.17. The molecule has 0 unspecified atom stereocenters. The van der Waals surface area contributed by atoms with Gasteiger partial charge in [-0.2, -0.15) is 4.99 Å². The number of hydrogen-bond donors (Lipinski definition) is 0. The normalized spacial score (nSPS) is 12.1. The van der Waals surface area contributed by atoms with E-state index in [9.17, 15) is 4.79 Å². The molecule has 4 heteroatoms. The Morgan fingerprint density at radius 1 is 1.04 bits per heavy atom. The van der Waals surface area contributed by atoms with E-state index in [1.807, 2.05) is 25.5 Å². The Hall–Kier alpha value is -2.20. The quantitative estimate of drug-likeness (QED) is 0.691. The van der Waals surface area contributed by atoms with E-state index in [1.165, 1.54) is 21.4 Å². The number of aryl methyl sites for hydroxylation is 5. The molecule has 3 nitrogen and oxygen atoms in total. The molecule has 0 N–H and O–H groups in total. The highest BCUT2D eigenvalue weighted by molar-refractivity contribution is 7.16. The first-order valence-corrected chi connectivity index (χ1v) is 8.87. The van der Waals surface area contributed by atoms with Crippen molar-refractivity contribution < 1.29 is 4.79 Å². The number of fused-ring (bicyclic) bond motifs is 1. The fraction of sp³-hybridized carbons (Fsp3) is 0.300. The number of amides is 1. The van der Waals surface area contributed by atoms with Crippen molar-refractivity contribution in [2.75, 3.05) is 0 Å². The highest BCUT2D eigenvalue weighted by atomic mass is 32.1. The molecular formula is C20H22N2OS. The summed E-state index contributed by atoms with van der Waals surface area (Å²) >= 11 is 1.57. The Kier molecular flexibility index (Phi) is 4.41. The summed E-state index contributed by atoms with van der Waals surface area (Å²) in [5, 5.41) is 0. The lowest BCUT2D eigenvalue weighted by atomic mass is 10.0. The third-order valence-corrected chi connectivity index (χ3v) is 5.59. The summed E-state index contributed by atoms with van der Waals surface area (Å²) in [7, 11) is 1.97. The van der Waals surface area contributed by atoms with E-state index in [2.05, 4.69) is 49.2 Å². The molecule has 24 heavy (non-hydrogen) atoms. The number of rotatable bonds is 2. The van der Waals surface area contributed by atoms with Crippen molar-refractivity contribution in [2.45, 2.75) is 34.1 Å². The first-order chi connectivity index (χ1) is 11.3. The van der Waals surface area contributed by atoms with E-state index in [4.69, 9.17) is 0 Å². The van der Waals surface area contributed by atoms with E-state index in [1.54, 1.807) is 11.3 Å². The summed E-state index contributed by atoms with van der Waals surface area (Å²) in [6, 6.07) is 10.5. The molecule has 0 saturated heterocycles. The molecule has 3 aromatic rings. The zero-order valence-electron chi connectivity index (χ0n) is 14.8. The van der Waals surface area contributed by atoms with Crippen molar-refractivity contribution in [3.63, 3.8) is 0 Å². The second kappa shape index (κ2) is 6.36. The summed E-state index contributed by atoms with van der Waals surface area (Å²) in [6.07, 6.45) is 0.347. The van der Waals surface area contributed by atoms with Crippen LogP contribution in [0.3, 0.4) is 0 Å². The van der Waals surface area contributed by atoms with Gasteiger partial charge in [-0.25, -0.2) is 0 Å². The average molecular weight is 338 g/mol. The van der Waals surface area contributed by atoms with Gasteiger partial charge in [0.1, 0.15) is 0 Å². The number of thiazole rings is 1. The maximum absolute atomic E-state index is 12.4. The van der Waals surface area contributed by atoms with Crippen molar-refractivity contribution in [1.29, 1.82) is 0 Å². The highest BCUT2D eigenvalue weighted by Crippen LogP contribution is 2.21. The van der Waals surface area contributed by atoms with Crippen LogP contribution in [0.2, 0.25) is 0 Å². The van der Waals surface area contributed by atoms with Gasteiger partial charge >= 0.3 is 0 Å². The standard InChI is InChI=1S/C20H22N2OS/c1-12-6-7-13(2)16(8-12)11-19(23)21-20-22(5)17-9-14(3)15(4)10-18(17)24-20/h6-10H,11H2,1-5H3. The van der Waals surface area contributed by atoms with Crippen LogP contribution in [0.1, 0.15) is 27.8 Å². The Labute approximate surface area is 146 Å². The van der Waals surface area contributed by atoms with Crippen molar-refractivity contribution in [3.8, 4) is 0 Å². The molecular weight excluding hydrogens is 316 g/mol. The summed E-state index contributed by atoms with van der Waals surface area (Å²) in [4.78, 5) is 17.6. The molecule has 1 heterocycles. The van der Waals surface area contributed by atoms with Gasteiger partial charge in [-0.1, -0.05) is 35.1 Å². The molecule has 124 valence electrons. The molecule has 0 atom stereocenters. The highest BCUT2D eigenvalue weighted by Gasteiger charge is 2.09. The van der Waals surface area contributed by atoms with Crippen LogP contribution in [0.4, 0.5) is 0 Å². The number of hydrogen-bond acceptors (Lipinski definition) is 2. The van der Waals surface area contributed by atoms with Crippen LogP contribution < -0.4 is 4.80 Å². The smallest absolute Gasteiger partial charge is 0.252 e. The van der Waals surface area contributed by atoms with Gasteiger partial charge in [-0.05, 0) is 62.1 Å². The molecule has 0 aliphatic rings. The van der Waals surface area contributed by atoms with Crippen LogP contribution in [0.15, 0.2) is 35.3 Å². The maximum atomic E-state index is 12.4. The van der Waals surface area contributed by atoms with Gasteiger partial charge in [0.25, 0.3) is 5.91 Å². The topological polar surface area (TPSA) is 34.4 Å². The van der Waals surface area contributed by atoms with Crippen LogP contribution in [-0.4, -0.2) is 10.5 Å². The molecule has 0 aliphatic carbocycles. The second-order valence-electron chi connectivity index (χ2n) is 6.46. The van der Waals surface area contributed by atoms with Crippen molar-refractivity contribution in [3.05, 3.63) is 63.0 Å². The lowest BCUT2D eigenvalue weighted by Crippen LogP contribution is -2.14. The molecule has 0 bridgehead atoms. The number of nitrogens with zero attached hydrogens (tertiary/aromatic N) is 2. The third-order valence-electron chi connectivity index (χ3n) is 4.49. The van der Waals surface area contributed by atoms with Gasteiger partial charge < -0.3 is 4.57 Å². The second-order valence-corrected chi connectivity index (χ2v) is 7.47. The van der Waals surface area contributed by atoms with E-state index in [0.717, 1.165) is 21.4 Å². The van der Waals surface area contributed by atoms with Crippen LogP contribution in [0, 0.1) is 27.7 Å². The van der Waals surface area contributed by atoms with E-state index in [0.29, 0.717) is 6.42 Å². The maximum Gasteiger partial charge on any atom is 0.252 e. The molecule has 0 radical (unpaired) electrons. The average Bonchev–Trinajstić information content (AvgIpc) is 2.80. The van der Waals surface area contributed by atoms with E-state index < -0.39 is 0 Å². The van der Waals surface area contributed by atoms with Gasteiger partial charge in [0.05, 0.1) is 16.6 Å². The van der Waals surface area contributed by atoms with Crippen molar-refractivity contribution >= 4 is 27.5 Å². The zero-order valence-corrected chi connectivity index (χ0v) is 15.6. The van der Waals surface area contributed by atoms with E-state index in [-0.39, 0.29) is 5.91 Å². The lowest BCUT2D eigenvalue weighted by Gasteiger charge is -2.04. The first kappa shape index (κ1) is 16.7. The Balaban J connectivity index is 1.99. The predicted molar refractivity (Wildman–Crippen MR) is 100 cm³/mol. The van der Waals surface area contributed by atoms with Crippen LogP contribution in [-0.2, 0) is 18.3 Å². The van der Waals surface area contributed by atoms with Gasteiger partial charge in [-0.15, -0.1) is 0 Å². The lowest BCUT2D eigenvalue weighted by molar-refractivity contribution is -0.117. The predicted octanol–water partition coefficient (Wildman–Crippen LogP) is 4.14. The molecule has 1 aromatic heterocycles. The van der Waals surface area contributed by atoms with Gasteiger partial charge in [-0.3, -0.25) is 4.79 Å². The first-order valence-electron chi connectivity index (χ1n) is 8.05. The third kappa shape index (κ3) is 3.20. The van der Waals surface area contributed by atoms with Crippen LogP contribution in [0.5, 0.6) is 0 Å². The number of carbonyl (C=O) groups is 1. The Morgan fingerprint density at radius 3 is 2.50 bits per heavy atom. The van der Waals surface area contributed by atoms with Crippen molar-refractivity contribution in [1.82, 2.24) is 4.57 Å². The largest absolute Gasteiger partial charge is 0.319 e. The number of aromatic nitrogens is 1. The minimum atomic E-state index is -0.0979. The minimum Gasteiger partial charge on any atom is -0.319 e. The molecule has 0 saturated carbocycles. The molecule has 3 rings (SSSR count). The Morgan fingerprint density at radius 2 is 1.75 bits per heavy atom. The molecule has 2 aromatic carbocycles. The van der Waals surface area contributed by atoms with Gasteiger partial charge in [0.2, 0.25) is 0 Å². The summed E-state index contributed by atoms with van der Waals surface area (Å²) in [6.45, 7) is 8.29. The fourth-order valence-electron chi connectivity index (χ4n) is 2.79. The summed E-state index contributed by atoms with van der Waals surface area (Å²) in [5.74, 6) is -0.0979. The molecule has 0 spiro atoms. The molecule has 1 amide bonds. The monoisotopic (exact) mass is 338 g/mol. The summed E-state index contributed by atoms with van der Waals surface area (Å²) in [5.41, 5.74) is 7.00. The number of benzene rings is 2. The van der Waals surface area contributed by atoms with E-state index >= 15 is 0 Å². The van der Waals surface area contributed by atoms with Crippen LogP contribution in [0.25, 0.3) is 10.2 Å².